The number of carboxylic acid groups (broad SMARTS) is 1. The number of carbonyl (C=O) groups excluding carboxylic acids is 2. The number of fused-ring (bicyclic) bond motifs is 4. The van der Waals surface area contributed by atoms with E-state index >= 15 is 0 Å². The molecule has 8 aliphatic rings. The highest BCUT2D eigenvalue weighted by Gasteiger charge is 2.84. The van der Waals surface area contributed by atoms with E-state index in [2.05, 4.69) is 26.8 Å². The molecule has 5 aliphatic carbocycles. The lowest BCUT2D eigenvalue weighted by molar-refractivity contribution is -0.912. The van der Waals surface area contributed by atoms with Gasteiger partial charge in [-0.1, -0.05) is 64.5 Å². The number of aliphatic carboxylic acids is 1. The van der Waals surface area contributed by atoms with Crippen LogP contribution in [-0.4, -0.2) is 55.1 Å². The van der Waals surface area contributed by atoms with E-state index in [-0.39, 0.29) is 30.0 Å². The average molecular weight is 564 g/mol. The van der Waals surface area contributed by atoms with Crippen LogP contribution < -0.4 is 5.11 Å². The zero-order valence-corrected chi connectivity index (χ0v) is 25.8. The second kappa shape index (κ2) is 9.16. The molecule has 0 spiro atoms. The van der Waals surface area contributed by atoms with E-state index in [4.69, 9.17) is 4.74 Å². The topological polar surface area (TPSA) is 66.4 Å². The highest BCUT2D eigenvalue weighted by Crippen LogP contribution is 2.84. The summed E-state index contributed by atoms with van der Waals surface area (Å²) < 4.78 is 8.69. The first kappa shape index (κ1) is 27.4. The Hall–Kier alpha value is -1.20. The van der Waals surface area contributed by atoms with Crippen molar-refractivity contribution in [2.75, 3.05) is 26.2 Å². The summed E-state index contributed by atoms with van der Waals surface area (Å²) in [4.78, 5) is 27.5. The van der Waals surface area contributed by atoms with Gasteiger partial charge < -0.3 is 23.9 Å². The Balaban J connectivity index is 1.23. The molecule has 0 aromatic carbocycles. The molecule has 5 heteroatoms. The van der Waals surface area contributed by atoms with Crippen molar-refractivity contribution >= 4 is 12.3 Å². The largest absolute Gasteiger partial charge is 0.549 e. The van der Waals surface area contributed by atoms with Crippen LogP contribution in [0.15, 0.2) is 11.6 Å². The molecule has 226 valence electrons. The van der Waals surface area contributed by atoms with Crippen LogP contribution in [0.1, 0.15) is 97.8 Å². The molecule has 0 amide bonds. The standard InChI is InChI=1S/C36H53NO4/c1-22(2)30-16-27-17-34(21-38)29-9-8-23(3)28(29)18-35(27,36(30,34)33(39)40)32-15-26(14-24-6-4-5-7-24)31(41-32)20-37-12-10-25(19-37)11-13-37/h16,21-29,31-32H,4-15,17-20H2,1-3H3/t23-,25?,26?,27?,28-,29-,31+,32?,34?,35-,36+,37?/m1/s1. The van der Waals surface area contributed by atoms with Gasteiger partial charge >= 0.3 is 0 Å². The van der Waals surface area contributed by atoms with Gasteiger partial charge in [0, 0.05) is 29.6 Å². The summed E-state index contributed by atoms with van der Waals surface area (Å²) >= 11 is 0. The normalized spacial score (nSPS) is 53.4. The Morgan fingerprint density at radius 1 is 1.12 bits per heavy atom. The molecule has 0 aromatic rings. The van der Waals surface area contributed by atoms with Gasteiger partial charge in [-0.2, -0.15) is 0 Å². The Kier molecular flexibility index (Phi) is 6.11. The molecule has 8 rings (SSSR count). The predicted octanol–water partition coefficient (Wildman–Crippen LogP) is 5.17. The van der Waals surface area contributed by atoms with E-state index in [0.29, 0.717) is 24.2 Å². The molecule has 5 nitrogen and oxygen atoms in total. The minimum absolute atomic E-state index is 0.0863. The van der Waals surface area contributed by atoms with Gasteiger partial charge in [0.05, 0.1) is 37.1 Å². The third kappa shape index (κ3) is 3.32. The molecule has 10 atom stereocenters. The zero-order chi connectivity index (χ0) is 28.4. The number of hydrogen-bond acceptors (Lipinski definition) is 4. The average Bonchev–Trinajstić information content (AvgIpc) is 3.80. The number of hydrogen-bond donors (Lipinski definition) is 0. The fourth-order valence-corrected chi connectivity index (χ4v) is 13.8. The highest BCUT2D eigenvalue weighted by molar-refractivity contribution is 5.89. The number of rotatable bonds is 8. The molecule has 41 heavy (non-hydrogen) atoms. The summed E-state index contributed by atoms with van der Waals surface area (Å²) in [6.45, 7) is 11.7. The van der Waals surface area contributed by atoms with Crippen molar-refractivity contribution in [2.24, 2.45) is 63.6 Å². The second-order valence-electron chi connectivity index (χ2n) is 17.0. The first-order chi connectivity index (χ1) is 19.7. The fraction of sp³-hybridized carbons (Fsp3) is 0.889. The first-order valence-electron chi connectivity index (χ1n) is 17.6. The molecule has 0 radical (unpaired) electrons. The van der Waals surface area contributed by atoms with Gasteiger partial charge in [0.15, 0.2) is 0 Å². The Morgan fingerprint density at radius 3 is 2.51 bits per heavy atom. The molecule has 3 aliphatic heterocycles. The Bertz CT molecular complexity index is 1130. The molecular weight excluding hydrogens is 510 g/mol. The minimum Gasteiger partial charge on any atom is -0.549 e. The number of quaternary nitrogens is 1. The van der Waals surface area contributed by atoms with Crippen molar-refractivity contribution in [3.05, 3.63) is 11.6 Å². The van der Waals surface area contributed by atoms with E-state index < -0.39 is 22.2 Å². The smallest absolute Gasteiger partial charge is 0.127 e. The molecular formula is C36H53NO4. The van der Waals surface area contributed by atoms with Crippen molar-refractivity contribution in [2.45, 2.75) is 110 Å². The van der Waals surface area contributed by atoms with Gasteiger partial charge in [0.25, 0.3) is 0 Å². The van der Waals surface area contributed by atoms with Crippen molar-refractivity contribution in [1.29, 1.82) is 0 Å². The van der Waals surface area contributed by atoms with Gasteiger partial charge in [0.2, 0.25) is 0 Å². The van der Waals surface area contributed by atoms with E-state index in [1.165, 1.54) is 69.1 Å². The summed E-state index contributed by atoms with van der Waals surface area (Å²) in [5.74, 6) is 2.53. The molecule has 0 aromatic heterocycles. The fourth-order valence-electron chi connectivity index (χ4n) is 13.8. The summed E-state index contributed by atoms with van der Waals surface area (Å²) in [6, 6.07) is 0. The number of allylic oxidation sites excluding steroid dienone is 1. The predicted molar refractivity (Wildman–Crippen MR) is 155 cm³/mol. The highest BCUT2D eigenvalue weighted by atomic mass is 16.5. The summed E-state index contributed by atoms with van der Waals surface area (Å²) in [5, 5.41) is 14.0. The Labute approximate surface area is 247 Å². The van der Waals surface area contributed by atoms with Crippen LogP contribution in [-0.2, 0) is 14.3 Å². The quantitative estimate of drug-likeness (QED) is 0.232. The molecule has 3 heterocycles. The van der Waals surface area contributed by atoms with Gasteiger partial charge in [-0.15, -0.1) is 0 Å². The van der Waals surface area contributed by atoms with Crippen molar-refractivity contribution in [3.63, 3.8) is 0 Å². The molecule has 3 saturated heterocycles. The van der Waals surface area contributed by atoms with E-state index in [0.717, 1.165) is 55.9 Å². The van der Waals surface area contributed by atoms with E-state index in [1.807, 2.05) is 0 Å². The number of nitrogens with zero attached hydrogens (tertiary/aromatic N) is 1. The lowest BCUT2D eigenvalue weighted by Crippen LogP contribution is -2.68. The van der Waals surface area contributed by atoms with Crippen LogP contribution in [0.4, 0.5) is 0 Å². The SMILES string of the molecule is CC(C)C1=CC2CC3(C=O)[C@@H]4CC[C@@H](C)[C@H]4C[C@@]2(C2CC(CC4CCCC4)[C@H](C[N+]45CCC(CC4)C5)O2)[C@]13C(=O)[O-]. The van der Waals surface area contributed by atoms with Gasteiger partial charge in [-0.05, 0) is 73.5 Å². The van der Waals surface area contributed by atoms with Crippen LogP contribution in [0, 0.1) is 63.6 Å². The Morgan fingerprint density at radius 2 is 1.88 bits per heavy atom. The van der Waals surface area contributed by atoms with Crippen molar-refractivity contribution < 1.29 is 23.9 Å². The summed E-state index contributed by atoms with van der Waals surface area (Å²) in [5.41, 5.74) is -1.61. The lowest BCUT2D eigenvalue weighted by Gasteiger charge is -2.62. The van der Waals surface area contributed by atoms with Gasteiger partial charge in [0.1, 0.15) is 18.9 Å². The van der Waals surface area contributed by atoms with Crippen LogP contribution in [0.5, 0.6) is 0 Å². The lowest BCUT2D eigenvalue weighted by atomic mass is 9.41. The number of piperidine rings is 1. The zero-order valence-electron chi connectivity index (χ0n) is 25.8. The van der Waals surface area contributed by atoms with Gasteiger partial charge in [-0.3, -0.25) is 0 Å². The summed E-state index contributed by atoms with van der Waals surface area (Å²) in [7, 11) is 0. The van der Waals surface area contributed by atoms with E-state index in [1.54, 1.807) is 0 Å². The third-order valence-electron chi connectivity index (χ3n) is 15.3. The molecule has 0 N–H and O–H groups in total. The molecule has 4 saturated carbocycles. The number of carbonyl (C=O) groups is 2. The van der Waals surface area contributed by atoms with E-state index in [9.17, 15) is 14.7 Å². The number of aldehydes is 1. The maximum absolute atomic E-state index is 14.0. The minimum atomic E-state index is -1.22. The molecule has 7 fully saturated rings. The van der Waals surface area contributed by atoms with Crippen LogP contribution >= 0.6 is 0 Å². The molecule has 4 unspecified atom stereocenters. The first-order valence-corrected chi connectivity index (χ1v) is 17.6. The third-order valence-corrected chi connectivity index (χ3v) is 15.3. The van der Waals surface area contributed by atoms with Crippen LogP contribution in [0.2, 0.25) is 0 Å². The van der Waals surface area contributed by atoms with Gasteiger partial charge in [-0.25, -0.2) is 0 Å². The maximum atomic E-state index is 14.0. The number of carboxylic acids is 1. The second-order valence-corrected chi connectivity index (χ2v) is 17.0. The molecule has 6 bridgehead atoms. The van der Waals surface area contributed by atoms with Crippen molar-refractivity contribution in [1.82, 2.24) is 0 Å². The summed E-state index contributed by atoms with van der Waals surface area (Å²) in [6.07, 6.45) is 17.7. The number of ether oxygens (including phenoxy) is 1. The van der Waals surface area contributed by atoms with Crippen LogP contribution in [0.3, 0.4) is 0 Å². The maximum Gasteiger partial charge on any atom is 0.127 e. The van der Waals surface area contributed by atoms with Crippen molar-refractivity contribution in [3.8, 4) is 0 Å². The van der Waals surface area contributed by atoms with Crippen LogP contribution in [0.25, 0.3) is 0 Å². The monoisotopic (exact) mass is 563 g/mol.